The van der Waals surface area contributed by atoms with Gasteiger partial charge in [-0.25, -0.2) is 0 Å². The molecule has 0 radical (unpaired) electrons. The summed E-state index contributed by atoms with van der Waals surface area (Å²) < 4.78 is 16.2. The van der Waals surface area contributed by atoms with Gasteiger partial charge >= 0.3 is 5.97 Å². The molecule has 2 aromatic carbocycles. The number of carbonyl (C=O) groups excluding carboxylic acids is 1. The number of amides is 1. The average Bonchev–Trinajstić information content (AvgIpc) is 2.72. The van der Waals surface area contributed by atoms with Crippen LogP contribution in [0.2, 0.25) is 0 Å². The molecular weight excluding hydrogens is 374 g/mol. The van der Waals surface area contributed by atoms with Crippen molar-refractivity contribution < 1.29 is 28.9 Å². The normalized spacial score (nSPS) is 16.1. The van der Waals surface area contributed by atoms with Gasteiger partial charge in [0.25, 0.3) is 0 Å². The number of hydrogen-bond donors (Lipinski definition) is 2. The largest absolute Gasteiger partial charge is 0.493 e. The van der Waals surface area contributed by atoms with Crippen LogP contribution in [0, 0.1) is 0 Å². The van der Waals surface area contributed by atoms with Gasteiger partial charge in [-0.1, -0.05) is 24.3 Å². The summed E-state index contributed by atoms with van der Waals surface area (Å²) in [6, 6.07) is 12.1. The van der Waals surface area contributed by atoms with E-state index in [4.69, 9.17) is 14.2 Å². The molecular formula is C22H25NO6. The highest BCUT2D eigenvalue weighted by molar-refractivity contribution is 5.79. The molecule has 1 aliphatic heterocycles. The molecule has 1 heterocycles. The van der Waals surface area contributed by atoms with Gasteiger partial charge in [-0.3, -0.25) is 9.59 Å². The Bertz CT molecular complexity index is 881. The van der Waals surface area contributed by atoms with Crippen molar-refractivity contribution in [2.75, 3.05) is 20.8 Å². The molecule has 0 unspecified atom stereocenters. The molecule has 0 bridgehead atoms. The molecule has 0 aliphatic carbocycles. The monoisotopic (exact) mass is 399 g/mol. The number of ether oxygens (including phenoxy) is 3. The standard InChI is InChI=1S/C22H25NO6/c1-27-19-8-7-15(11-20(19)28-2)17(13-22(25)26)23-21(24)12-14-9-10-29-18-6-4-3-5-16(14)18/h3-8,11,14,17H,9-10,12-13H2,1-2H3,(H,23,24)(H,25,26)/t14-,17+/m1/s1. The van der Waals surface area contributed by atoms with E-state index >= 15 is 0 Å². The van der Waals surface area contributed by atoms with Crippen molar-refractivity contribution in [1.82, 2.24) is 5.32 Å². The van der Waals surface area contributed by atoms with Crippen molar-refractivity contribution in [2.45, 2.75) is 31.2 Å². The van der Waals surface area contributed by atoms with Crippen LogP contribution >= 0.6 is 0 Å². The second-order valence-electron chi connectivity index (χ2n) is 6.91. The molecule has 7 heteroatoms. The lowest BCUT2D eigenvalue weighted by molar-refractivity contribution is -0.137. The summed E-state index contributed by atoms with van der Waals surface area (Å²) in [6.07, 6.45) is 0.778. The van der Waals surface area contributed by atoms with E-state index < -0.39 is 12.0 Å². The van der Waals surface area contributed by atoms with Gasteiger partial charge in [0.15, 0.2) is 11.5 Å². The summed E-state index contributed by atoms with van der Waals surface area (Å²) in [5.74, 6) is 0.659. The number of hydrogen-bond acceptors (Lipinski definition) is 5. The molecule has 0 spiro atoms. The minimum atomic E-state index is -0.999. The zero-order valence-corrected chi connectivity index (χ0v) is 16.5. The molecule has 1 amide bonds. The fourth-order valence-corrected chi connectivity index (χ4v) is 3.60. The van der Waals surface area contributed by atoms with Gasteiger partial charge in [0, 0.05) is 6.42 Å². The van der Waals surface area contributed by atoms with Crippen molar-refractivity contribution in [3.63, 3.8) is 0 Å². The molecule has 2 N–H and O–H groups in total. The molecule has 2 aromatic rings. The van der Waals surface area contributed by atoms with Crippen molar-refractivity contribution in [3.8, 4) is 17.2 Å². The van der Waals surface area contributed by atoms with Crippen LogP contribution in [0.4, 0.5) is 0 Å². The van der Waals surface area contributed by atoms with Crippen LogP contribution in [-0.2, 0) is 9.59 Å². The van der Waals surface area contributed by atoms with E-state index in [9.17, 15) is 14.7 Å². The third-order valence-electron chi connectivity index (χ3n) is 5.04. The van der Waals surface area contributed by atoms with Crippen LogP contribution in [-0.4, -0.2) is 37.8 Å². The van der Waals surface area contributed by atoms with Crippen LogP contribution in [0.5, 0.6) is 17.2 Å². The highest BCUT2D eigenvalue weighted by atomic mass is 16.5. The number of fused-ring (bicyclic) bond motifs is 1. The Kier molecular flexibility index (Phi) is 6.59. The number of benzene rings is 2. The average molecular weight is 399 g/mol. The number of carboxylic acid groups (broad SMARTS) is 1. The summed E-state index contributed by atoms with van der Waals surface area (Å²) in [7, 11) is 3.04. The van der Waals surface area contributed by atoms with Crippen LogP contribution in [0.1, 0.15) is 42.3 Å². The lowest BCUT2D eigenvalue weighted by Crippen LogP contribution is -2.32. The molecule has 154 valence electrons. The van der Waals surface area contributed by atoms with E-state index in [2.05, 4.69) is 5.32 Å². The van der Waals surface area contributed by atoms with Gasteiger partial charge in [0.2, 0.25) is 5.91 Å². The summed E-state index contributed by atoms with van der Waals surface area (Å²) >= 11 is 0. The zero-order chi connectivity index (χ0) is 20.8. The van der Waals surface area contributed by atoms with E-state index in [1.165, 1.54) is 14.2 Å². The maximum Gasteiger partial charge on any atom is 0.305 e. The molecule has 2 atom stereocenters. The first kappa shape index (κ1) is 20.5. The number of nitrogens with one attached hydrogen (secondary N) is 1. The predicted molar refractivity (Wildman–Crippen MR) is 107 cm³/mol. The molecule has 1 aliphatic rings. The lowest BCUT2D eigenvalue weighted by atomic mass is 9.90. The van der Waals surface area contributed by atoms with Crippen LogP contribution in [0.15, 0.2) is 42.5 Å². The molecule has 0 saturated carbocycles. The Morgan fingerprint density at radius 1 is 1.17 bits per heavy atom. The van der Waals surface area contributed by atoms with Crippen molar-refractivity contribution in [2.24, 2.45) is 0 Å². The van der Waals surface area contributed by atoms with Gasteiger partial charge in [-0.15, -0.1) is 0 Å². The molecule has 7 nitrogen and oxygen atoms in total. The highest BCUT2D eigenvalue weighted by Crippen LogP contribution is 2.36. The Labute approximate surface area is 169 Å². The molecule has 0 fully saturated rings. The minimum Gasteiger partial charge on any atom is -0.493 e. The Hall–Kier alpha value is -3.22. The molecule has 3 rings (SSSR count). The van der Waals surface area contributed by atoms with Crippen LogP contribution in [0.3, 0.4) is 0 Å². The van der Waals surface area contributed by atoms with Gasteiger partial charge in [0.05, 0.1) is 33.3 Å². The quantitative estimate of drug-likeness (QED) is 0.707. The summed E-state index contributed by atoms with van der Waals surface area (Å²) in [5, 5.41) is 12.2. The summed E-state index contributed by atoms with van der Waals surface area (Å²) in [6.45, 7) is 0.559. The lowest BCUT2D eigenvalue weighted by Gasteiger charge is -2.26. The Balaban J connectivity index is 1.76. The fourth-order valence-electron chi connectivity index (χ4n) is 3.60. The molecule has 0 aromatic heterocycles. The first-order valence-electron chi connectivity index (χ1n) is 9.46. The smallest absolute Gasteiger partial charge is 0.305 e. The molecule has 0 saturated heterocycles. The van der Waals surface area contributed by atoms with Crippen molar-refractivity contribution in [1.29, 1.82) is 0 Å². The first-order chi connectivity index (χ1) is 14.0. The summed E-state index contributed by atoms with van der Waals surface area (Å²) in [4.78, 5) is 24.1. The highest BCUT2D eigenvalue weighted by Gasteiger charge is 2.26. The maximum absolute atomic E-state index is 12.8. The SMILES string of the molecule is COc1ccc([C@H](CC(=O)O)NC(=O)C[C@H]2CCOc3ccccc32)cc1OC. The number of rotatable bonds is 8. The number of aliphatic carboxylic acids is 1. The van der Waals surface area contributed by atoms with E-state index in [1.54, 1.807) is 18.2 Å². The van der Waals surface area contributed by atoms with Gasteiger partial charge in [-0.2, -0.15) is 0 Å². The third-order valence-corrected chi connectivity index (χ3v) is 5.04. The summed E-state index contributed by atoms with van der Waals surface area (Å²) in [5.41, 5.74) is 1.65. The zero-order valence-electron chi connectivity index (χ0n) is 16.5. The van der Waals surface area contributed by atoms with Crippen LogP contribution in [0.25, 0.3) is 0 Å². The van der Waals surface area contributed by atoms with Gasteiger partial charge in [0.1, 0.15) is 5.75 Å². The number of carbonyl (C=O) groups is 2. The fraction of sp³-hybridized carbons (Fsp3) is 0.364. The van der Waals surface area contributed by atoms with Crippen molar-refractivity contribution >= 4 is 11.9 Å². The minimum absolute atomic E-state index is 0.0378. The second kappa shape index (κ2) is 9.32. The maximum atomic E-state index is 12.8. The second-order valence-corrected chi connectivity index (χ2v) is 6.91. The number of carboxylic acids is 1. The van der Waals surface area contributed by atoms with Crippen LogP contribution < -0.4 is 19.5 Å². The number of para-hydroxylation sites is 1. The van der Waals surface area contributed by atoms with Gasteiger partial charge in [-0.05, 0) is 41.7 Å². The van der Waals surface area contributed by atoms with Gasteiger partial charge < -0.3 is 24.6 Å². The Morgan fingerprint density at radius 2 is 1.93 bits per heavy atom. The Morgan fingerprint density at radius 3 is 2.66 bits per heavy atom. The topological polar surface area (TPSA) is 94.1 Å². The first-order valence-corrected chi connectivity index (χ1v) is 9.46. The van der Waals surface area contributed by atoms with E-state index in [-0.39, 0.29) is 24.7 Å². The number of methoxy groups -OCH3 is 2. The van der Waals surface area contributed by atoms with E-state index in [0.717, 1.165) is 17.7 Å². The molecule has 29 heavy (non-hydrogen) atoms. The third kappa shape index (κ3) is 4.99. The van der Waals surface area contributed by atoms with Crippen molar-refractivity contribution in [3.05, 3.63) is 53.6 Å². The van der Waals surface area contributed by atoms with E-state index in [0.29, 0.717) is 23.7 Å². The van der Waals surface area contributed by atoms with E-state index in [1.807, 2.05) is 24.3 Å². The predicted octanol–water partition coefficient (Wildman–Crippen LogP) is 3.29.